The topological polar surface area (TPSA) is 56.3 Å². The third-order valence-electron chi connectivity index (χ3n) is 2.14. The first-order valence-corrected chi connectivity index (χ1v) is 5.54. The Bertz CT molecular complexity index is 463. The summed E-state index contributed by atoms with van der Waals surface area (Å²) in [5.74, 6) is -1.48. The molecule has 0 spiro atoms. The quantitative estimate of drug-likeness (QED) is 0.846. The summed E-state index contributed by atoms with van der Waals surface area (Å²) in [7, 11) is 1.04. The smallest absolute Gasteiger partial charge is 0.434 e. The lowest BCUT2D eigenvalue weighted by Crippen LogP contribution is -2.46. The molecule has 1 N–H and O–H groups in total. The largest absolute Gasteiger partial charge is 0.489 e. The van der Waals surface area contributed by atoms with Crippen LogP contribution in [-0.2, 0) is 0 Å². The van der Waals surface area contributed by atoms with Gasteiger partial charge in [0.1, 0.15) is 6.33 Å². The number of alkyl halides is 6. The molecule has 0 amide bonds. The van der Waals surface area contributed by atoms with Crippen molar-refractivity contribution in [3.8, 4) is 11.6 Å². The van der Waals surface area contributed by atoms with Crippen molar-refractivity contribution in [2.75, 3.05) is 19.0 Å². The highest BCUT2D eigenvalue weighted by molar-refractivity contribution is 5.55. The minimum Gasteiger partial charge on any atom is -0.489 e. The van der Waals surface area contributed by atoms with Crippen molar-refractivity contribution in [2.24, 2.45) is 0 Å². The molecule has 1 heterocycles. The van der Waals surface area contributed by atoms with Crippen LogP contribution < -0.4 is 14.8 Å². The molecule has 11 heteroatoms. The Labute approximate surface area is 115 Å². The van der Waals surface area contributed by atoms with E-state index in [0.29, 0.717) is 6.54 Å². The van der Waals surface area contributed by atoms with Gasteiger partial charge in [-0.2, -0.15) is 31.3 Å². The summed E-state index contributed by atoms with van der Waals surface area (Å²) in [6.45, 7) is 1.96. The Morgan fingerprint density at radius 2 is 1.71 bits per heavy atom. The number of ether oxygens (including phenoxy) is 2. The lowest BCUT2D eigenvalue weighted by Gasteiger charge is -2.24. The minimum absolute atomic E-state index is 0.0758. The minimum atomic E-state index is -5.65. The summed E-state index contributed by atoms with van der Waals surface area (Å²) in [5, 5.41) is 2.60. The predicted molar refractivity (Wildman–Crippen MR) is 59.3 cm³/mol. The normalized spacial score (nSPS) is 12.4. The molecule has 0 saturated carbocycles. The predicted octanol–water partition coefficient (Wildman–Crippen LogP) is 2.79. The molecule has 1 rings (SSSR count). The van der Waals surface area contributed by atoms with Gasteiger partial charge in [0.2, 0.25) is 5.75 Å². The summed E-state index contributed by atoms with van der Waals surface area (Å²) < 4.78 is 83.3. The zero-order chi connectivity index (χ0) is 16.3. The maximum atomic E-state index is 12.4. The molecule has 0 fully saturated rings. The van der Waals surface area contributed by atoms with Crippen molar-refractivity contribution in [3.05, 3.63) is 6.33 Å². The SMILES string of the molecule is CCNc1ncnc(OC(C(F)(F)F)C(F)(F)F)c1OC. The highest BCUT2D eigenvalue weighted by Crippen LogP contribution is 2.39. The molecule has 0 saturated heterocycles. The third kappa shape index (κ3) is 4.26. The number of aromatic nitrogens is 2. The van der Waals surface area contributed by atoms with E-state index in [-0.39, 0.29) is 5.82 Å². The number of rotatable bonds is 5. The maximum absolute atomic E-state index is 12.4. The Kier molecular flexibility index (Phi) is 5.07. The summed E-state index contributed by atoms with van der Waals surface area (Å²) >= 11 is 0. The van der Waals surface area contributed by atoms with Gasteiger partial charge in [-0.25, -0.2) is 4.98 Å². The molecule has 120 valence electrons. The van der Waals surface area contributed by atoms with Gasteiger partial charge >= 0.3 is 12.4 Å². The Morgan fingerprint density at radius 1 is 1.14 bits per heavy atom. The number of halogens is 6. The second kappa shape index (κ2) is 6.22. The van der Waals surface area contributed by atoms with Gasteiger partial charge in [-0.3, -0.25) is 0 Å². The Morgan fingerprint density at radius 3 is 2.14 bits per heavy atom. The van der Waals surface area contributed by atoms with E-state index in [1.165, 1.54) is 0 Å². The Hall–Kier alpha value is -1.94. The molecule has 0 aliphatic carbocycles. The number of anilines is 1. The van der Waals surface area contributed by atoms with Crippen molar-refractivity contribution in [3.63, 3.8) is 0 Å². The van der Waals surface area contributed by atoms with E-state index in [1.807, 2.05) is 0 Å². The van der Waals surface area contributed by atoms with Gasteiger partial charge in [-0.05, 0) is 6.92 Å². The highest BCUT2D eigenvalue weighted by atomic mass is 19.4. The second-order valence-electron chi connectivity index (χ2n) is 3.67. The average molecular weight is 319 g/mol. The van der Waals surface area contributed by atoms with Crippen LogP contribution >= 0.6 is 0 Å². The van der Waals surface area contributed by atoms with Crippen LogP contribution in [0.5, 0.6) is 11.6 Å². The van der Waals surface area contributed by atoms with E-state index in [1.54, 1.807) is 6.92 Å². The molecule has 0 bridgehead atoms. The fraction of sp³-hybridized carbons (Fsp3) is 0.600. The molecule has 5 nitrogen and oxygen atoms in total. The molecule has 21 heavy (non-hydrogen) atoms. The van der Waals surface area contributed by atoms with E-state index >= 15 is 0 Å². The fourth-order valence-electron chi connectivity index (χ4n) is 1.35. The van der Waals surface area contributed by atoms with Crippen molar-refractivity contribution >= 4 is 5.82 Å². The zero-order valence-electron chi connectivity index (χ0n) is 10.8. The van der Waals surface area contributed by atoms with E-state index in [0.717, 1.165) is 13.4 Å². The lowest BCUT2D eigenvalue weighted by atomic mass is 10.3. The van der Waals surface area contributed by atoms with E-state index in [2.05, 4.69) is 20.0 Å². The van der Waals surface area contributed by atoms with Crippen molar-refractivity contribution in [1.82, 2.24) is 9.97 Å². The van der Waals surface area contributed by atoms with Gasteiger partial charge in [-0.15, -0.1) is 0 Å². The van der Waals surface area contributed by atoms with Gasteiger partial charge in [0.15, 0.2) is 5.82 Å². The van der Waals surface area contributed by atoms with Gasteiger partial charge in [0.05, 0.1) is 7.11 Å². The van der Waals surface area contributed by atoms with Crippen molar-refractivity contribution in [2.45, 2.75) is 25.4 Å². The van der Waals surface area contributed by atoms with Crippen LogP contribution in [0.3, 0.4) is 0 Å². The second-order valence-corrected chi connectivity index (χ2v) is 3.67. The molecule has 0 aromatic carbocycles. The van der Waals surface area contributed by atoms with Crippen LogP contribution in [0, 0.1) is 0 Å². The lowest BCUT2D eigenvalue weighted by molar-refractivity contribution is -0.300. The molecule has 1 aromatic heterocycles. The summed E-state index contributed by atoms with van der Waals surface area (Å²) in [6, 6.07) is 0. The van der Waals surface area contributed by atoms with Gasteiger partial charge in [0.25, 0.3) is 12.0 Å². The number of nitrogens with zero attached hydrogens (tertiary/aromatic N) is 2. The maximum Gasteiger partial charge on any atom is 0.434 e. The molecule has 0 atom stereocenters. The van der Waals surface area contributed by atoms with Crippen LogP contribution in [0.4, 0.5) is 32.2 Å². The standard InChI is InChI=1S/C10H11F6N3O2/c1-3-17-6-5(20-2)7(19-4-18-6)21-8(9(11,12)13)10(14,15)16/h4,8H,3H2,1-2H3,(H,17,18,19). The highest BCUT2D eigenvalue weighted by Gasteiger charge is 2.59. The first-order chi connectivity index (χ1) is 9.61. The molecule has 0 aliphatic rings. The first kappa shape index (κ1) is 17.1. The molecular formula is C10H11F6N3O2. The van der Waals surface area contributed by atoms with Crippen molar-refractivity contribution in [1.29, 1.82) is 0 Å². The molecular weight excluding hydrogens is 308 g/mol. The third-order valence-corrected chi connectivity index (χ3v) is 2.14. The van der Waals surface area contributed by atoms with E-state index < -0.39 is 30.1 Å². The summed E-state index contributed by atoms with van der Waals surface area (Å²) in [4.78, 5) is 6.90. The van der Waals surface area contributed by atoms with Crippen LogP contribution in [0.15, 0.2) is 6.33 Å². The first-order valence-electron chi connectivity index (χ1n) is 5.54. The van der Waals surface area contributed by atoms with Crippen molar-refractivity contribution < 1.29 is 35.8 Å². The van der Waals surface area contributed by atoms with Gasteiger partial charge < -0.3 is 14.8 Å². The molecule has 1 aromatic rings. The monoisotopic (exact) mass is 319 g/mol. The summed E-state index contributed by atoms with van der Waals surface area (Å²) in [5.41, 5.74) is 0. The number of methoxy groups -OCH3 is 1. The molecule has 0 radical (unpaired) electrons. The Balaban J connectivity index is 3.18. The van der Waals surface area contributed by atoms with Crippen LogP contribution in [0.1, 0.15) is 6.92 Å². The average Bonchev–Trinajstić information content (AvgIpc) is 2.33. The number of nitrogens with one attached hydrogen (secondary N) is 1. The van der Waals surface area contributed by atoms with Gasteiger partial charge in [-0.1, -0.05) is 0 Å². The number of hydrogen-bond acceptors (Lipinski definition) is 5. The van der Waals surface area contributed by atoms with Gasteiger partial charge in [0, 0.05) is 6.54 Å². The zero-order valence-corrected chi connectivity index (χ0v) is 10.8. The number of hydrogen-bond donors (Lipinski definition) is 1. The van der Waals surface area contributed by atoms with Crippen LogP contribution in [-0.4, -0.2) is 42.1 Å². The molecule has 0 unspecified atom stereocenters. The van der Waals surface area contributed by atoms with E-state index in [9.17, 15) is 26.3 Å². The van der Waals surface area contributed by atoms with Crippen LogP contribution in [0.25, 0.3) is 0 Å². The van der Waals surface area contributed by atoms with E-state index in [4.69, 9.17) is 4.74 Å². The fourth-order valence-corrected chi connectivity index (χ4v) is 1.35. The van der Waals surface area contributed by atoms with Crippen LogP contribution in [0.2, 0.25) is 0 Å². The molecule has 0 aliphatic heterocycles. The summed E-state index contributed by atoms with van der Waals surface area (Å²) in [6.07, 6.45) is -14.5.